The summed E-state index contributed by atoms with van der Waals surface area (Å²) in [5.41, 5.74) is 1.35. The van der Waals surface area contributed by atoms with Crippen LogP contribution in [-0.4, -0.2) is 22.9 Å². The lowest BCUT2D eigenvalue weighted by atomic mass is 9.96. The number of rotatable bonds is 1. The van der Waals surface area contributed by atoms with Crippen molar-refractivity contribution >= 4 is 5.91 Å². The maximum Gasteiger partial charge on any atom is 0.290 e. The van der Waals surface area contributed by atoms with Crippen molar-refractivity contribution in [3.8, 4) is 0 Å². The van der Waals surface area contributed by atoms with Crippen LogP contribution in [0.2, 0.25) is 0 Å². The van der Waals surface area contributed by atoms with E-state index < -0.39 is 0 Å². The highest BCUT2D eigenvalue weighted by Crippen LogP contribution is 2.60. The molecule has 1 aromatic heterocycles. The molecule has 0 aromatic carbocycles. The Balaban J connectivity index is 1.62. The first-order chi connectivity index (χ1) is 7.77. The van der Waals surface area contributed by atoms with Crippen LogP contribution < -0.4 is 0 Å². The molecule has 16 heavy (non-hydrogen) atoms. The van der Waals surface area contributed by atoms with Crippen molar-refractivity contribution in [1.29, 1.82) is 0 Å². The van der Waals surface area contributed by atoms with E-state index in [1.54, 1.807) is 18.4 Å². The fourth-order valence-corrected chi connectivity index (χ4v) is 3.71. The minimum Gasteiger partial charge on any atom is -0.459 e. The Hall–Kier alpha value is -1.51. The van der Waals surface area contributed by atoms with Crippen molar-refractivity contribution in [2.24, 2.45) is 11.8 Å². The molecule has 0 radical (unpaired) electrons. The van der Waals surface area contributed by atoms with Crippen LogP contribution in [0, 0.1) is 11.8 Å². The van der Waals surface area contributed by atoms with Gasteiger partial charge in [-0.25, -0.2) is 0 Å². The van der Waals surface area contributed by atoms with Gasteiger partial charge < -0.3 is 9.32 Å². The van der Waals surface area contributed by atoms with Gasteiger partial charge >= 0.3 is 0 Å². The van der Waals surface area contributed by atoms with E-state index in [2.05, 4.69) is 6.58 Å². The van der Waals surface area contributed by atoms with E-state index in [-0.39, 0.29) is 5.91 Å². The van der Waals surface area contributed by atoms with Crippen molar-refractivity contribution in [3.63, 3.8) is 0 Å². The summed E-state index contributed by atoms with van der Waals surface area (Å²) in [6, 6.07) is 4.42. The molecule has 0 N–H and O–H groups in total. The van der Waals surface area contributed by atoms with Crippen molar-refractivity contribution in [2.45, 2.75) is 24.9 Å². The van der Waals surface area contributed by atoms with Gasteiger partial charge in [0.05, 0.1) is 18.3 Å². The summed E-state index contributed by atoms with van der Waals surface area (Å²) >= 11 is 0. The second-order valence-electron chi connectivity index (χ2n) is 5.14. The number of carbonyl (C=O) groups is 1. The molecule has 1 aliphatic heterocycles. The molecule has 0 spiro atoms. The first-order valence-electron chi connectivity index (χ1n) is 5.81. The number of amides is 1. The molecule has 4 atom stereocenters. The molecular formula is C13H13NO2. The molecule has 2 heterocycles. The molecule has 2 bridgehead atoms. The van der Waals surface area contributed by atoms with Crippen LogP contribution in [0.3, 0.4) is 0 Å². The smallest absolute Gasteiger partial charge is 0.290 e. The van der Waals surface area contributed by atoms with E-state index in [1.165, 1.54) is 12.0 Å². The van der Waals surface area contributed by atoms with Gasteiger partial charge in [-0.1, -0.05) is 12.2 Å². The van der Waals surface area contributed by atoms with Gasteiger partial charge in [0.2, 0.25) is 0 Å². The van der Waals surface area contributed by atoms with Crippen LogP contribution in [0.5, 0.6) is 0 Å². The van der Waals surface area contributed by atoms with Crippen molar-refractivity contribution in [2.75, 3.05) is 0 Å². The molecule has 3 heteroatoms. The lowest BCUT2D eigenvalue weighted by molar-refractivity contribution is 0.0813. The first-order valence-corrected chi connectivity index (χ1v) is 5.81. The maximum atomic E-state index is 12.1. The number of furan rings is 1. The molecule has 1 aromatic rings. The molecule has 4 unspecified atom stereocenters. The Morgan fingerprint density at radius 2 is 2.38 bits per heavy atom. The van der Waals surface area contributed by atoms with Crippen LogP contribution in [0.4, 0.5) is 0 Å². The Morgan fingerprint density at radius 1 is 1.50 bits per heavy atom. The summed E-state index contributed by atoms with van der Waals surface area (Å²) in [5.74, 6) is 1.76. The van der Waals surface area contributed by atoms with Gasteiger partial charge in [-0.05, 0) is 30.9 Å². The average Bonchev–Trinajstić information content (AvgIpc) is 2.71. The third-order valence-corrected chi connectivity index (χ3v) is 4.37. The normalized spacial score (nSPS) is 39.0. The van der Waals surface area contributed by atoms with E-state index in [0.717, 1.165) is 6.42 Å². The summed E-state index contributed by atoms with van der Waals surface area (Å²) in [4.78, 5) is 14.1. The Morgan fingerprint density at radius 3 is 3.06 bits per heavy atom. The minimum atomic E-state index is 0.0596. The number of likely N-dealkylation sites (tertiary alicyclic amines) is 1. The van der Waals surface area contributed by atoms with Gasteiger partial charge in [0.25, 0.3) is 5.91 Å². The highest BCUT2D eigenvalue weighted by Gasteiger charge is 2.67. The summed E-state index contributed by atoms with van der Waals surface area (Å²) < 4.78 is 5.17. The fraction of sp³-hybridized carbons (Fsp3) is 0.462. The van der Waals surface area contributed by atoms with Crippen molar-refractivity contribution in [3.05, 3.63) is 36.3 Å². The monoisotopic (exact) mass is 215 g/mol. The predicted octanol–water partition coefficient (Wildman–Crippen LogP) is 2.07. The SMILES string of the molecule is C=C1CC2CC1C1C2N1C(=O)c1ccco1. The van der Waals surface area contributed by atoms with Crippen LogP contribution in [0.25, 0.3) is 0 Å². The van der Waals surface area contributed by atoms with E-state index in [0.29, 0.717) is 29.7 Å². The van der Waals surface area contributed by atoms with Crippen molar-refractivity contribution < 1.29 is 9.21 Å². The number of piperidine rings is 1. The van der Waals surface area contributed by atoms with Gasteiger partial charge in [-0.2, -0.15) is 0 Å². The summed E-state index contributed by atoms with van der Waals surface area (Å²) in [6.45, 7) is 4.11. The second-order valence-corrected chi connectivity index (χ2v) is 5.14. The van der Waals surface area contributed by atoms with Crippen LogP contribution in [-0.2, 0) is 0 Å². The van der Waals surface area contributed by atoms with Gasteiger partial charge in [0, 0.05) is 5.92 Å². The Kier molecular flexibility index (Phi) is 1.40. The number of carbonyl (C=O) groups excluding carboxylic acids is 1. The Labute approximate surface area is 93.7 Å². The third-order valence-electron chi connectivity index (χ3n) is 4.37. The van der Waals surface area contributed by atoms with E-state index in [1.807, 2.05) is 4.90 Å². The summed E-state index contributed by atoms with van der Waals surface area (Å²) in [5, 5.41) is 0. The lowest BCUT2D eigenvalue weighted by Crippen LogP contribution is -2.20. The molecule has 3 nitrogen and oxygen atoms in total. The number of hydrogen-bond donors (Lipinski definition) is 0. The van der Waals surface area contributed by atoms with Gasteiger partial charge in [0.1, 0.15) is 0 Å². The van der Waals surface area contributed by atoms with Gasteiger partial charge in [0.15, 0.2) is 5.76 Å². The second kappa shape index (κ2) is 2.59. The lowest BCUT2D eigenvalue weighted by Gasteiger charge is -2.10. The topological polar surface area (TPSA) is 33.2 Å². The molecule has 2 aliphatic carbocycles. The minimum absolute atomic E-state index is 0.0596. The highest BCUT2D eigenvalue weighted by molar-refractivity contribution is 5.94. The molecular weight excluding hydrogens is 202 g/mol. The van der Waals surface area contributed by atoms with E-state index >= 15 is 0 Å². The standard InChI is InChI=1S/C13H13NO2/c1-7-5-8-6-9(7)12-11(8)14(12)13(15)10-3-2-4-16-10/h2-4,8-9,11-12H,1,5-6H2. The Bertz CT molecular complexity index is 476. The zero-order chi connectivity index (χ0) is 10.9. The van der Waals surface area contributed by atoms with E-state index in [4.69, 9.17) is 4.42 Å². The van der Waals surface area contributed by atoms with E-state index in [9.17, 15) is 4.79 Å². The molecule has 1 saturated heterocycles. The third kappa shape index (κ3) is 0.872. The molecule has 3 aliphatic rings. The average molecular weight is 215 g/mol. The van der Waals surface area contributed by atoms with Crippen LogP contribution in [0.15, 0.2) is 35.0 Å². The van der Waals surface area contributed by atoms with Crippen LogP contribution >= 0.6 is 0 Å². The number of nitrogens with zero attached hydrogens (tertiary/aromatic N) is 1. The quantitative estimate of drug-likeness (QED) is 0.530. The van der Waals surface area contributed by atoms with Gasteiger partial charge in [-0.3, -0.25) is 4.79 Å². The zero-order valence-electron chi connectivity index (χ0n) is 8.93. The molecule has 2 saturated carbocycles. The fourth-order valence-electron chi connectivity index (χ4n) is 3.71. The molecule has 1 amide bonds. The summed E-state index contributed by atoms with van der Waals surface area (Å²) in [6.07, 6.45) is 3.92. The van der Waals surface area contributed by atoms with Gasteiger partial charge in [-0.15, -0.1) is 0 Å². The largest absolute Gasteiger partial charge is 0.459 e. The summed E-state index contributed by atoms with van der Waals surface area (Å²) in [7, 11) is 0. The molecule has 3 fully saturated rings. The maximum absolute atomic E-state index is 12.1. The molecule has 82 valence electrons. The van der Waals surface area contributed by atoms with Crippen molar-refractivity contribution in [1.82, 2.24) is 4.90 Å². The predicted molar refractivity (Wildman–Crippen MR) is 57.8 cm³/mol. The highest BCUT2D eigenvalue weighted by atomic mass is 16.3. The molecule has 4 rings (SSSR count). The van der Waals surface area contributed by atoms with Crippen LogP contribution in [0.1, 0.15) is 23.4 Å². The number of fused-ring (bicyclic) bond motifs is 5. The zero-order valence-corrected chi connectivity index (χ0v) is 8.93. The first kappa shape index (κ1) is 8.62. The number of hydrogen-bond acceptors (Lipinski definition) is 2.